The van der Waals surface area contributed by atoms with Crippen molar-refractivity contribution >= 4 is 0 Å². The lowest BCUT2D eigenvalue weighted by atomic mass is 9.94. The smallest absolute Gasteiger partial charge is 0.00846 e. The summed E-state index contributed by atoms with van der Waals surface area (Å²) in [7, 11) is 0. The maximum absolute atomic E-state index is 3.74. The number of allylic oxidation sites excluding steroid dienone is 3. The minimum atomic E-state index is 0.518. The zero-order chi connectivity index (χ0) is 9.56. The second-order valence-electron chi connectivity index (χ2n) is 3.98. The van der Waals surface area contributed by atoms with E-state index in [9.17, 15) is 0 Å². The highest BCUT2D eigenvalue weighted by Gasteiger charge is 2.03. The summed E-state index contributed by atoms with van der Waals surface area (Å²) in [5.41, 5.74) is 0. The lowest BCUT2D eigenvalue weighted by Gasteiger charge is -2.12. The molecule has 2 unspecified atom stereocenters. The molecule has 2 atom stereocenters. The fourth-order valence-corrected chi connectivity index (χ4v) is 0.859. The average molecular weight is 166 g/mol. The van der Waals surface area contributed by atoms with Crippen molar-refractivity contribution in [3.05, 3.63) is 24.8 Å². The third-order valence-electron chi connectivity index (χ3n) is 2.46. The molecule has 12 heavy (non-hydrogen) atoms. The van der Waals surface area contributed by atoms with Gasteiger partial charge in [0.1, 0.15) is 0 Å². The summed E-state index contributed by atoms with van der Waals surface area (Å²) in [4.78, 5) is 0. The highest BCUT2D eigenvalue weighted by molar-refractivity contribution is 4.95. The molecule has 0 rings (SSSR count). The molecule has 0 N–H and O–H groups in total. The molecule has 0 saturated heterocycles. The standard InChI is InChI=1S/C12H22/c1-6-11(4)8-7-9-12(5)10(2)3/h6-8,10-12H,1,9H2,2-5H3. The van der Waals surface area contributed by atoms with Crippen molar-refractivity contribution in [1.29, 1.82) is 0 Å². The zero-order valence-corrected chi connectivity index (χ0v) is 8.88. The van der Waals surface area contributed by atoms with Crippen molar-refractivity contribution in [3.63, 3.8) is 0 Å². The van der Waals surface area contributed by atoms with Crippen molar-refractivity contribution < 1.29 is 0 Å². The Bertz CT molecular complexity index is 142. The summed E-state index contributed by atoms with van der Waals surface area (Å²) < 4.78 is 0. The van der Waals surface area contributed by atoms with Gasteiger partial charge in [-0.3, -0.25) is 0 Å². The van der Waals surface area contributed by atoms with Crippen LogP contribution in [0.15, 0.2) is 24.8 Å². The molecule has 0 nitrogen and oxygen atoms in total. The van der Waals surface area contributed by atoms with Gasteiger partial charge in [0, 0.05) is 0 Å². The van der Waals surface area contributed by atoms with E-state index in [1.54, 1.807) is 0 Å². The van der Waals surface area contributed by atoms with Crippen molar-refractivity contribution in [2.75, 3.05) is 0 Å². The Morgan fingerprint density at radius 3 is 2.17 bits per heavy atom. The van der Waals surface area contributed by atoms with Crippen LogP contribution in [0.5, 0.6) is 0 Å². The van der Waals surface area contributed by atoms with Gasteiger partial charge in [-0.05, 0) is 24.2 Å². The summed E-state index contributed by atoms with van der Waals surface area (Å²) in [6.45, 7) is 12.7. The molecule has 0 bridgehead atoms. The number of rotatable bonds is 5. The molecule has 0 amide bonds. The van der Waals surface area contributed by atoms with Crippen LogP contribution in [-0.2, 0) is 0 Å². The molecule has 0 aliphatic rings. The quantitative estimate of drug-likeness (QED) is 0.541. The Kier molecular flexibility index (Phi) is 5.79. The van der Waals surface area contributed by atoms with Gasteiger partial charge in [0.25, 0.3) is 0 Å². The molecule has 0 fully saturated rings. The van der Waals surface area contributed by atoms with Gasteiger partial charge in [-0.25, -0.2) is 0 Å². The van der Waals surface area contributed by atoms with Gasteiger partial charge in [-0.2, -0.15) is 0 Å². The van der Waals surface area contributed by atoms with E-state index in [0.29, 0.717) is 5.92 Å². The van der Waals surface area contributed by atoms with Crippen molar-refractivity contribution in [1.82, 2.24) is 0 Å². The predicted molar refractivity (Wildman–Crippen MR) is 57.1 cm³/mol. The van der Waals surface area contributed by atoms with Crippen LogP contribution in [0.4, 0.5) is 0 Å². The Morgan fingerprint density at radius 1 is 1.17 bits per heavy atom. The Morgan fingerprint density at radius 2 is 1.75 bits per heavy atom. The summed E-state index contributed by atoms with van der Waals surface area (Å²) in [5, 5.41) is 0. The largest absolute Gasteiger partial charge is 0.102 e. The van der Waals surface area contributed by atoms with Crippen LogP contribution in [0.25, 0.3) is 0 Å². The maximum atomic E-state index is 3.74. The SMILES string of the molecule is C=CC(C)C=CCC(C)C(C)C. The Labute approximate surface area is 77.4 Å². The molecule has 0 heterocycles. The summed E-state index contributed by atoms with van der Waals surface area (Å²) in [6, 6.07) is 0. The van der Waals surface area contributed by atoms with E-state index >= 15 is 0 Å². The van der Waals surface area contributed by atoms with E-state index in [0.717, 1.165) is 11.8 Å². The predicted octanol–water partition coefficient (Wildman–Crippen LogP) is 4.05. The molecule has 0 aliphatic carbocycles. The van der Waals surface area contributed by atoms with Crippen LogP contribution in [0.2, 0.25) is 0 Å². The number of hydrogen-bond acceptors (Lipinski definition) is 0. The third-order valence-corrected chi connectivity index (χ3v) is 2.46. The van der Waals surface area contributed by atoms with Crippen molar-refractivity contribution in [2.45, 2.75) is 34.1 Å². The minimum absolute atomic E-state index is 0.518. The molecule has 0 saturated carbocycles. The average Bonchev–Trinajstić information content (AvgIpc) is 2.03. The van der Waals surface area contributed by atoms with Gasteiger partial charge < -0.3 is 0 Å². The van der Waals surface area contributed by atoms with E-state index in [1.165, 1.54) is 6.42 Å². The molecule has 70 valence electrons. The monoisotopic (exact) mass is 166 g/mol. The third kappa shape index (κ3) is 5.17. The lowest BCUT2D eigenvalue weighted by Crippen LogP contribution is -2.01. The first kappa shape index (κ1) is 11.5. The fraction of sp³-hybridized carbons (Fsp3) is 0.667. The Hall–Kier alpha value is -0.520. The van der Waals surface area contributed by atoms with Crippen LogP contribution in [-0.4, -0.2) is 0 Å². The first-order valence-corrected chi connectivity index (χ1v) is 4.87. The second-order valence-corrected chi connectivity index (χ2v) is 3.98. The molecule has 0 heteroatoms. The molecule has 0 spiro atoms. The van der Waals surface area contributed by atoms with Crippen LogP contribution in [0, 0.1) is 17.8 Å². The lowest BCUT2D eigenvalue weighted by molar-refractivity contribution is 0.423. The normalized spacial score (nSPS) is 16.8. The van der Waals surface area contributed by atoms with Crippen LogP contribution in [0.1, 0.15) is 34.1 Å². The molecule has 0 aromatic heterocycles. The minimum Gasteiger partial charge on any atom is -0.102 e. The topological polar surface area (TPSA) is 0 Å². The molecule has 0 aromatic rings. The van der Waals surface area contributed by atoms with Crippen molar-refractivity contribution in [3.8, 4) is 0 Å². The maximum Gasteiger partial charge on any atom is -0.00846 e. The van der Waals surface area contributed by atoms with E-state index < -0.39 is 0 Å². The van der Waals surface area contributed by atoms with Crippen molar-refractivity contribution in [2.24, 2.45) is 17.8 Å². The first-order valence-electron chi connectivity index (χ1n) is 4.87. The zero-order valence-electron chi connectivity index (χ0n) is 8.88. The van der Waals surface area contributed by atoms with Gasteiger partial charge in [0.15, 0.2) is 0 Å². The second kappa shape index (κ2) is 6.05. The molecular formula is C12H22. The summed E-state index contributed by atoms with van der Waals surface area (Å²) >= 11 is 0. The van der Waals surface area contributed by atoms with Crippen LogP contribution < -0.4 is 0 Å². The highest BCUT2D eigenvalue weighted by atomic mass is 14.1. The first-order chi connectivity index (χ1) is 5.57. The molecule has 0 aliphatic heterocycles. The van der Waals surface area contributed by atoms with Gasteiger partial charge in [-0.15, -0.1) is 6.58 Å². The van der Waals surface area contributed by atoms with Gasteiger partial charge in [0.05, 0.1) is 0 Å². The highest BCUT2D eigenvalue weighted by Crippen LogP contribution is 2.14. The van der Waals surface area contributed by atoms with E-state index in [2.05, 4.69) is 46.4 Å². The summed E-state index contributed by atoms with van der Waals surface area (Å²) in [5.74, 6) is 2.09. The Balaban J connectivity index is 3.66. The van der Waals surface area contributed by atoms with E-state index in [1.807, 2.05) is 6.08 Å². The van der Waals surface area contributed by atoms with Crippen LogP contribution >= 0.6 is 0 Å². The van der Waals surface area contributed by atoms with Gasteiger partial charge in [0.2, 0.25) is 0 Å². The van der Waals surface area contributed by atoms with E-state index in [4.69, 9.17) is 0 Å². The number of hydrogen-bond donors (Lipinski definition) is 0. The molecule has 0 aromatic carbocycles. The molecular weight excluding hydrogens is 144 g/mol. The van der Waals surface area contributed by atoms with E-state index in [-0.39, 0.29) is 0 Å². The van der Waals surface area contributed by atoms with Gasteiger partial charge >= 0.3 is 0 Å². The van der Waals surface area contributed by atoms with Gasteiger partial charge in [-0.1, -0.05) is 45.9 Å². The fourth-order valence-electron chi connectivity index (χ4n) is 0.859. The van der Waals surface area contributed by atoms with Crippen LogP contribution in [0.3, 0.4) is 0 Å². The molecule has 0 radical (unpaired) electrons. The summed E-state index contributed by atoms with van der Waals surface area (Å²) in [6.07, 6.45) is 7.66.